The van der Waals surface area contributed by atoms with E-state index >= 15 is 0 Å². The van der Waals surface area contributed by atoms with Crippen LogP contribution < -0.4 is 0 Å². The molecule has 4 heteroatoms. The van der Waals surface area contributed by atoms with E-state index in [2.05, 4.69) is 18.1 Å². The zero-order valence-electron chi connectivity index (χ0n) is 11.5. The zero-order valence-corrected chi connectivity index (χ0v) is 11.5. The van der Waals surface area contributed by atoms with Crippen molar-refractivity contribution in [2.24, 2.45) is 0 Å². The van der Waals surface area contributed by atoms with Crippen molar-refractivity contribution in [3.63, 3.8) is 0 Å². The number of aromatic nitrogens is 2. The minimum absolute atomic E-state index is 0.250. The fourth-order valence-corrected chi connectivity index (χ4v) is 2.28. The maximum Gasteiger partial charge on any atom is 0.335 e. The molecule has 0 aliphatic rings. The summed E-state index contributed by atoms with van der Waals surface area (Å²) in [5.74, 6) is -0.942. The zero-order chi connectivity index (χ0) is 14.8. The number of carboxylic acids is 1. The number of rotatable bonds is 3. The minimum Gasteiger partial charge on any atom is -0.478 e. The summed E-state index contributed by atoms with van der Waals surface area (Å²) in [6.45, 7) is 2.05. The number of benzene rings is 2. The lowest BCUT2D eigenvalue weighted by atomic mass is 10.0. The molecule has 1 N–H and O–H groups in total. The molecule has 0 saturated heterocycles. The molecule has 0 aliphatic heterocycles. The van der Waals surface area contributed by atoms with Crippen molar-refractivity contribution in [2.75, 3.05) is 0 Å². The number of carboxylic acid groups (broad SMARTS) is 1. The molecule has 0 radical (unpaired) electrons. The molecule has 0 aliphatic carbocycles. The Morgan fingerprint density at radius 1 is 1.14 bits per heavy atom. The van der Waals surface area contributed by atoms with Crippen LogP contribution in [0.3, 0.4) is 0 Å². The van der Waals surface area contributed by atoms with Crippen molar-refractivity contribution in [1.29, 1.82) is 0 Å². The van der Waals surface area contributed by atoms with E-state index in [4.69, 9.17) is 5.11 Å². The van der Waals surface area contributed by atoms with Crippen molar-refractivity contribution in [2.45, 2.75) is 6.92 Å². The van der Waals surface area contributed by atoms with Gasteiger partial charge in [0.15, 0.2) is 0 Å². The number of aryl methyl sites for hydroxylation is 1. The fourth-order valence-electron chi connectivity index (χ4n) is 2.28. The predicted octanol–water partition coefficient (Wildman–Crippen LogP) is 3.55. The van der Waals surface area contributed by atoms with Crippen molar-refractivity contribution < 1.29 is 9.90 Å². The number of nitrogens with zero attached hydrogens (tertiary/aromatic N) is 2. The largest absolute Gasteiger partial charge is 0.478 e. The molecule has 0 bridgehead atoms. The lowest BCUT2D eigenvalue weighted by molar-refractivity contribution is 0.0697. The van der Waals surface area contributed by atoms with Gasteiger partial charge in [0, 0.05) is 11.8 Å². The Labute approximate surface area is 122 Å². The summed E-state index contributed by atoms with van der Waals surface area (Å²) in [4.78, 5) is 11.0. The molecule has 2 aromatic carbocycles. The molecule has 0 unspecified atom stereocenters. The van der Waals surface area contributed by atoms with Gasteiger partial charge in [-0.2, -0.15) is 5.10 Å². The number of aromatic carboxylic acids is 1. The summed E-state index contributed by atoms with van der Waals surface area (Å²) in [6, 6.07) is 14.8. The number of hydrogen-bond donors (Lipinski definition) is 1. The van der Waals surface area contributed by atoms with Gasteiger partial charge in [-0.25, -0.2) is 9.48 Å². The van der Waals surface area contributed by atoms with Crippen LogP contribution in [-0.2, 0) is 0 Å². The monoisotopic (exact) mass is 278 g/mol. The molecule has 0 atom stereocenters. The second-order valence-electron chi connectivity index (χ2n) is 4.84. The van der Waals surface area contributed by atoms with Gasteiger partial charge in [-0.05, 0) is 36.2 Å². The minimum atomic E-state index is -0.942. The van der Waals surface area contributed by atoms with Crippen LogP contribution in [0.5, 0.6) is 0 Å². The van der Waals surface area contributed by atoms with E-state index in [1.54, 1.807) is 29.1 Å². The van der Waals surface area contributed by atoms with Gasteiger partial charge in [-0.15, -0.1) is 0 Å². The second-order valence-corrected chi connectivity index (χ2v) is 4.84. The van der Waals surface area contributed by atoms with Crippen LogP contribution in [0.4, 0.5) is 0 Å². The van der Waals surface area contributed by atoms with Crippen molar-refractivity contribution >= 4 is 5.97 Å². The Kier molecular flexibility index (Phi) is 3.28. The molecule has 0 spiro atoms. The highest BCUT2D eigenvalue weighted by Gasteiger charge is 2.08. The Morgan fingerprint density at radius 2 is 1.95 bits per heavy atom. The van der Waals surface area contributed by atoms with Crippen molar-refractivity contribution in [3.8, 4) is 16.8 Å². The van der Waals surface area contributed by atoms with Gasteiger partial charge in [-0.3, -0.25) is 0 Å². The van der Waals surface area contributed by atoms with Gasteiger partial charge >= 0.3 is 5.97 Å². The smallest absolute Gasteiger partial charge is 0.335 e. The molecule has 1 heterocycles. The lowest BCUT2D eigenvalue weighted by Crippen LogP contribution is -1.99. The van der Waals surface area contributed by atoms with Crippen molar-refractivity contribution in [1.82, 2.24) is 9.78 Å². The van der Waals surface area contributed by atoms with Gasteiger partial charge in [0.1, 0.15) is 0 Å². The molecule has 21 heavy (non-hydrogen) atoms. The molecular weight excluding hydrogens is 264 g/mol. The topological polar surface area (TPSA) is 55.1 Å². The van der Waals surface area contributed by atoms with Gasteiger partial charge in [0.25, 0.3) is 0 Å². The summed E-state index contributed by atoms with van der Waals surface area (Å²) in [5.41, 5.74) is 4.29. The third kappa shape index (κ3) is 2.56. The van der Waals surface area contributed by atoms with Crippen LogP contribution in [0.15, 0.2) is 60.9 Å². The highest BCUT2D eigenvalue weighted by molar-refractivity contribution is 5.88. The average Bonchev–Trinajstić information content (AvgIpc) is 2.97. The molecule has 3 aromatic rings. The van der Waals surface area contributed by atoms with E-state index in [9.17, 15) is 4.79 Å². The standard InChI is InChI=1S/C17H14N2O2/c1-12-5-2-3-8-16(12)14-10-18-19(11-14)15-7-4-6-13(9-15)17(20)21/h2-11H,1H3,(H,20,21). The third-order valence-corrected chi connectivity index (χ3v) is 3.40. The average molecular weight is 278 g/mol. The first-order chi connectivity index (χ1) is 10.1. The first-order valence-electron chi connectivity index (χ1n) is 6.59. The third-order valence-electron chi connectivity index (χ3n) is 3.40. The summed E-state index contributed by atoms with van der Waals surface area (Å²) >= 11 is 0. The van der Waals surface area contributed by atoms with Gasteiger partial charge in [0.05, 0.1) is 17.4 Å². The van der Waals surface area contributed by atoms with Crippen LogP contribution in [0.25, 0.3) is 16.8 Å². The fraction of sp³-hybridized carbons (Fsp3) is 0.0588. The summed E-state index contributed by atoms with van der Waals surface area (Å²) in [5, 5.41) is 13.4. The normalized spacial score (nSPS) is 10.5. The van der Waals surface area contributed by atoms with Crippen LogP contribution in [0, 0.1) is 6.92 Å². The highest BCUT2D eigenvalue weighted by Crippen LogP contribution is 2.23. The lowest BCUT2D eigenvalue weighted by Gasteiger charge is -2.03. The van der Waals surface area contributed by atoms with E-state index in [1.807, 2.05) is 30.5 Å². The quantitative estimate of drug-likeness (QED) is 0.797. The highest BCUT2D eigenvalue weighted by atomic mass is 16.4. The Morgan fingerprint density at radius 3 is 2.71 bits per heavy atom. The maximum atomic E-state index is 11.0. The summed E-state index contributed by atoms with van der Waals surface area (Å²) in [7, 11) is 0. The molecular formula is C17H14N2O2. The first-order valence-corrected chi connectivity index (χ1v) is 6.59. The van der Waals surface area contributed by atoms with Crippen LogP contribution >= 0.6 is 0 Å². The van der Waals surface area contributed by atoms with Gasteiger partial charge < -0.3 is 5.11 Å². The number of carbonyl (C=O) groups is 1. The van der Waals surface area contributed by atoms with Crippen molar-refractivity contribution in [3.05, 3.63) is 72.1 Å². The Bertz CT molecular complexity index is 806. The first kappa shape index (κ1) is 13.1. The van der Waals surface area contributed by atoms with E-state index in [-0.39, 0.29) is 5.56 Å². The van der Waals surface area contributed by atoms with Gasteiger partial charge in [0.2, 0.25) is 0 Å². The Hall–Kier alpha value is -2.88. The SMILES string of the molecule is Cc1ccccc1-c1cnn(-c2cccc(C(=O)O)c2)c1. The summed E-state index contributed by atoms with van der Waals surface area (Å²) < 4.78 is 1.69. The number of hydrogen-bond acceptors (Lipinski definition) is 2. The Balaban J connectivity index is 2.01. The molecule has 3 rings (SSSR count). The van der Waals surface area contributed by atoms with E-state index in [1.165, 1.54) is 5.56 Å². The van der Waals surface area contributed by atoms with Crippen LogP contribution in [-0.4, -0.2) is 20.9 Å². The molecule has 1 aromatic heterocycles. The summed E-state index contributed by atoms with van der Waals surface area (Å²) in [6.07, 6.45) is 3.69. The second kappa shape index (κ2) is 5.25. The predicted molar refractivity (Wildman–Crippen MR) is 80.7 cm³/mol. The molecule has 0 saturated carbocycles. The van der Waals surface area contributed by atoms with E-state index < -0.39 is 5.97 Å². The van der Waals surface area contributed by atoms with Crippen LogP contribution in [0.1, 0.15) is 15.9 Å². The molecule has 0 amide bonds. The molecule has 4 nitrogen and oxygen atoms in total. The van der Waals surface area contributed by atoms with E-state index in [0.29, 0.717) is 0 Å². The van der Waals surface area contributed by atoms with E-state index in [0.717, 1.165) is 16.8 Å². The van der Waals surface area contributed by atoms with Crippen LogP contribution in [0.2, 0.25) is 0 Å². The molecule has 0 fully saturated rings. The maximum absolute atomic E-state index is 11.0. The van der Waals surface area contributed by atoms with Gasteiger partial charge in [-0.1, -0.05) is 30.3 Å². The molecule has 104 valence electrons.